The summed E-state index contributed by atoms with van der Waals surface area (Å²) in [5.74, 6) is 0.368. The number of carbonyl (C=O) groups excluding carboxylic acids is 1. The van der Waals surface area contributed by atoms with E-state index in [4.69, 9.17) is 25.8 Å². The van der Waals surface area contributed by atoms with Gasteiger partial charge in [0.05, 0.1) is 12.0 Å². The van der Waals surface area contributed by atoms with Crippen molar-refractivity contribution in [2.75, 3.05) is 7.11 Å². The Bertz CT molecular complexity index is 1330. The van der Waals surface area contributed by atoms with Crippen molar-refractivity contribution in [3.8, 4) is 11.5 Å². The predicted octanol–water partition coefficient (Wildman–Crippen LogP) is 5.49. The van der Waals surface area contributed by atoms with Crippen LogP contribution in [0, 0.1) is 17.0 Å². The van der Waals surface area contributed by atoms with E-state index < -0.39 is 10.9 Å². The fourth-order valence-electron chi connectivity index (χ4n) is 3.26. The Hall–Kier alpha value is -4.17. The number of nitro benzene ring substituents is 1. The van der Waals surface area contributed by atoms with Gasteiger partial charge in [0.1, 0.15) is 6.61 Å². The van der Waals surface area contributed by atoms with Crippen molar-refractivity contribution in [3.05, 3.63) is 104 Å². The second-order valence-electron chi connectivity index (χ2n) is 7.42. The van der Waals surface area contributed by atoms with Crippen molar-refractivity contribution in [1.82, 2.24) is 0 Å². The van der Waals surface area contributed by atoms with E-state index in [0.29, 0.717) is 39.8 Å². The van der Waals surface area contributed by atoms with Crippen molar-refractivity contribution in [2.45, 2.75) is 13.5 Å². The maximum Gasteiger partial charge on any atom is 0.363 e. The van der Waals surface area contributed by atoms with E-state index in [1.165, 1.54) is 13.2 Å². The Labute approximate surface area is 200 Å². The molecular formula is C25H19ClN2O6. The average Bonchev–Trinajstić information content (AvgIpc) is 3.19. The number of halogens is 1. The van der Waals surface area contributed by atoms with Crippen LogP contribution in [0.25, 0.3) is 6.08 Å². The van der Waals surface area contributed by atoms with Gasteiger partial charge in [0.2, 0.25) is 5.90 Å². The molecule has 4 rings (SSSR count). The number of rotatable bonds is 7. The second-order valence-corrected chi connectivity index (χ2v) is 7.86. The highest BCUT2D eigenvalue weighted by Gasteiger charge is 2.26. The van der Waals surface area contributed by atoms with Gasteiger partial charge in [0.15, 0.2) is 17.2 Å². The van der Waals surface area contributed by atoms with Crippen LogP contribution in [0.4, 0.5) is 5.69 Å². The molecule has 0 N–H and O–H groups in total. The molecule has 0 saturated heterocycles. The fraction of sp³-hybridized carbons (Fsp3) is 0.120. The number of aliphatic imine (C=N–C) groups is 1. The summed E-state index contributed by atoms with van der Waals surface area (Å²) >= 11 is 5.91. The van der Waals surface area contributed by atoms with Crippen molar-refractivity contribution in [1.29, 1.82) is 0 Å². The lowest BCUT2D eigenvalue weighted by atomic mass is 10.1. The van der Waals surface area contributed by atoms with E-state index in [0.717, 1.165) is 5.56 Å². The van der Waals surface area contributed by atoms with E-state index in [9.17, 15) is 14.9 Å². The Morgan fingerprint density at radius 3 is 2.56 bits per heavy atom. The maximum absolute atomic E-state index is 12.3. The summed E-state index contributed by atoms with van der Waals surface area (Å²) in [5.41, 5.74) is 2.42. The molecule has 0 aromatic heterocycles. The first-order chi connectivity index (χ1) is 16.3. The smallest absolute Gasteiger partial charge is 0.363 e. The van der Waals surface area contributed by atoms with Crippen LogP contribution in [0.2, 0.25) is 5.02 Å². The van der Waals surface area contributed by atoms with Crippen LogP contribution >= 0.6 is 11.6 Å². The highest BCUT2D eigenvalue weighted by atomic mass is 35.5. The van der Waals surface area contributed by atoms with Gasteiger partial charge in [-0.1, -0.05) is 35.9 Å². The monoisotopic (exact) mass is 478 g/mol. The van der Waals surface area contributed by atoms with Crippen molar-refractivity contribution < 1.29 is 23.9 Å². The molecule has 0 bridgehead atoms. The third kappa shape index (κ3) is 5.07. The van der Waals surface area contributed by atoms with E-state index >= 15 is 0 Å². The third-order valence-corrected chi connectivity index (χ3v) is 5.32. The van der Waals surface area contributed by atoms with Crippen molar-refractivity contribution in [3.63, 3.8) is 0 Å². The van der Waals surface area contributed by atoms with E-state index in [-0.39, 0.29) is 17.3 Å². The summed E-state index contributed by atoms with van der Waals surface area (Å²) < 4.78 is 16.5. The minimum Gasteiger partial charge on any atom is -0.493 e. The summed E-state index contributed by atoms with van der Waals surface area (Å²) in [4.78, 5) is 27.3. The highest BCUT2D eigenvalue weighted by molar-refractivity contribution is 6.30. The first kappa shape index (κ1) is 23.0. The number of esters is 1. The largest absolute Gasteiger partial charge is 0.493 e. The Morgan fingerprint density at radius 2 is 1.85 bits per heavy atom. The lowest BCUT2D eigenvalue weighted by Crippen LogP contribution is -2.06. The number of ether oxygens (including phenoxy) is 3. The summed E-state index contributed by atoms with van der Waals surface area (Å²) in [6, 6.07) is 17.1. The molecule has 1 heterocycles. The molecule has 0 unspecified atom stereocenters. The SMILES string of the molecule is COc1cc(/C=C2\N=C(c3ccc(C)c([N+](=O)[O-])c3)OC2=O)ccc1OCc1ccc(Cl)cc1. The molecule has 0 fully saturated rings. The van der Waals surface area contributed by atoms with Crippen LogP contribution in [0.15, 0.2) is 71.4 Å². The van der Waals surface area contributed by atoms with Gasteiger partial charge >= 0.3 is 5.97 Å². The standard InChI is InChI=1S/C25H19ClN2O6/c1-15-3-7-18(13-21(15)28(30)31)24-27-20(25(29)34-24)11-17-6-10-22(23(12-17)32-2)33-14-16-4-8-19(26)9-5-16/h3-13H,14H2,1-2H3/b20-11-. The lowest BCUT2D eigenvalue weighted by Gasteiger charge is -2.11. The molecule has 3 aromatic carbocycles. The van der Waals surface area contributed by atoms with Crippen LogP contribution in [0.3, 0.4) is 0 Å². The second kappa shape index (κ2) is 9.76. The zero-order valence-electron chi connectivity index (χ0n) is 18.3. The third-order valence-electron chi connectivity index (χ3n) is 5.07. The van der Waals surface area contributed by atoms with E-state index in [1.807, 2.05) is 12.1 Å². The molecule has 9 heteroatoms. The summed E-state index contributed by atoms with van der Waals surface area (Å²) in [7, 11) is 1.52. The van der Waals surface area contributed by atoms with Gasteiger partial charge in [0, 0.05) is 22.2 Å². The number of carbonyl (C=O) groups is 1. The number of hydrogen-bond donors (Lipinski definition) is 0. The highest BCUT2D eigenvalue weighted by Crippen LogP contribution is 2.31. The molecule has 0 atom stereocenters. The normalized spacial score (nSPS) is 14.0. The predicted molar refractivity (Wildman–Crippen MR) is 127 cm³/mol. The van der Waals surface area contributed by atoms with Crippen LogP contribution in [-0.4, -0.2) is 23.9 Å². The van der Waals surface area contributed by atoms with Gasteiger partial charge < -0.3 is 14.2 Å². The van der Waals surface area contributed by atoms with E-state index in [2.05, 4.69) is 4.99 Å². The summed E-state index contributed by atoms with van der Waals surface area (Å²) in [6.07, 6.45) is 1.55. The quantitative estimate of drug-likeness (QED) is 0.193. The molecule has 8 nitrogen and oxygen atoms in total. The Morgan fingerprint density at radius 1 is 1.09 bits per heavy atom. The minimum absolute atomic E-state index is 0.00855. The first-order valence-electron chi connectivity index (χ1n) is 10.2. The molecule has 172 valence electrons. The molecule has 1 aliphatic heterocycles. The molecule has 3 aromatic rings. The number of aryl methyl sites for hydroxylation is 1. The molecule has 1 aliphatic rings. The Balaban J connectivity index is 1.55. The summed E-state index contributed by atoms with van der Waals surface area (Å²) in [6.45, 7) is 1.96. The molecule has 0 spiro atoms. The Kier molecular flexibility index (Phi) is 6.60. The lowest BCUT2D eigenvalue weighted by molar-refractivity contribution is -0.385. The molecule has 34 heavy (non-hydrogen) atoms. The zero-order chi connectivity index (χ0) is 24.2. The maximum atomic E-state index is 12.3. The molecule has 0 amide bonds. The van der Waals surface area contributed by atoms with Gasteiger partial charge in [-0.2, -0.15) is 0 Å². The van der Waals surface area contributed by atoms with Gasteiger partial charge in [-0.3, -0.25) is 10.1 Å². The van der Waals surface area contributed by atoms with Gasteiger partial charge in [-0.25, -0.2) is 9.79 Å². The number of benzene rings is 3. The average molecular weight is 479 g/mol. The van der Waals surface area contributed by atoms with Gasteiger partial charge in [0.25, 0.3) is 5.69 Å². The van der Waals surface area contributed by atoms with Crippen molar-refractivity contribution in [2.24, 2.45) is 4.99 Å². The number of cyclic esters (lactones) is 1. The molecule has 0 saturated carbocycles. The molecular weight excluding hydrogens is 460 g/mol. The minimum atomic E-state index is -0.653. The number of nitrogens with zero attached hydrogens (tertiary/aromatic N) is 2. The van der Waals surface area contributed by atoms with Crippen LogP contribution in [0.5, 0.6) is 11.5 Å². The van der Waals surface area contributed by atoms with Crippen LogP contribution in [-0.2, 0) is 16.1 Å². The molecule has 0 aliphatic carbocycles. The topological polar surface area (TPSA) is 100 Å². The fourth-order valence-corrected chi connectivity index (χ4v) is 3.39. The van der Waals surface area contributed by atoms with Crippen LogP contribution in [0.1, 0.15) is 22.3 Å². The number of methoxy groups -OCH3 is 1. The van der Waals surface area contributed by atoms with Crippen molar-refractivity contribution >= 4 is 35.2 Å². The first-order valence-corrected chi connectivity index (χ1v) is 10.5. The number of nitro groups is 1. The van der Waals surface area contributed by atoms with Gasteiger partial charge in [-0.15, -0.1) is 0 Å². The zero-order valence-corrected chi connectivity index (χ0v) is 19.0. The molecule has 0 radical (unpaired) electrons. The summed E-state index contributed by atoms with van der Waals surface area (Å²) in [5, 5.41) is 11.9. The number of hydrogen-bond acceptors (Lipinski definition) is 7. The van der Waals surface area contributed by atoms with E-state index in [1.54, 1.807) is 55.5 Å². The van der Waals surface area contributed by atoms with Crippen LogP contribution < -0.4 is 9.47 Å². The van der Waals surface area contributed by atoms with Gasteiger partial charge in [-0.05, 0) is 54.5 Å².